The smallest absolute Gasteiger partial charge is 0.502 e. The van der Waals surface area contributed by atoms with Crippen LogP contribution in [0.1, 0.15) is 40.5 Å². The van der Waals surface area contributed by atoms with Crippen LogP contribution < -0.4 is 0 Å². The Labute approximate surface area is 122 Å². The second-order valence-corrected chi connectivity index (χ2v) is 6.31. The number of carbonyl (C=O) groups excluding carboxylic acids is 1. The molecule has 0 spiro atoms. The Balaban J connectivity index is 2.27. The van der Waals surface area contributed by atoms with Crippen molar-refractivity contribution in [3.8, 4) is 0 Å². The van der Waals surface area contributed by atoms with Crippen LogP contribution in [0.2, 0.25) is 0 Å². The van der Waals surface area contributed by atoms with E-state index in [1.165, 1.54) is 0 Å². The zero-order chi connectivity index (χ0) is 15.5. The Bertz CT molecular complexity index is 629. The molecule has 3 nitrogen and oxygen atoms in total. The van der Waals surface area contributed by atoms with Crippen LogP contribution in [0.4, 0.5) is 8.63 Å². The van der Waals surface area contributed by atoms with Crippen LogP contribution in [0, 0.1) is 5.92 Å². The molecule has 0 bridgehead atoms. The Morgan fingerprint density at radius 2 is 2.05 bits per heavy atom. The Kier molecular flexibility index (Phi) is 3.04. The second kappa shape index (κ2) is 4.45. The monoisotopic (exact) mass is 294 g/mol. The molecule has 0 aromatic carbocycles. The highest BCUT2D eigenvalue weighted by molar-refractivity contribution is 6.36. The molecule has 0 saturated heterocycles. The van der Waals surface area contributed by atoms with E-state index in [4.69, 9.17) is 4.74 Å². The van der Waals surface area contributed by atoms with Gasteiger partial charge >= 0.3 is 7.47 Å². The summed E-state index contributed by atoms with van der Waals surface area (Å²) in [5, 5.41) is 0. The molecule has 112 valence electrons. The van der Waals surface area contributed by atoms with Crippen LogP contribution in [-0.2, 0) is 14.2 Å². The Hall–Kier alpha value is -1.59. The quantitative estimate of drug-likeness (QED) is 0.730. The molecular weight excluding hydrogens is 277 g/mol. The number of rotatable bonds is 2. The van der Waals surface area contributed by atoms with Crippen LogP contribution in [-0.4, -0.2) is 18.9 Å². The first kappa shape index (κ1) is 14.4. The minimum atomic E-state index is -3.00. The third-order valence-corrected chi connectivity index (χ3v) is 4.54. The summed E-state index contributed by atoms with van der Waals surface area (Å²) in [7, 11) is -3.00. The molecule has 2 aliphatic carbocycles. The van der Waals surface area contributed by atoms with E-state index in [0.717, 1.165) is 24.0 Å². The van der Waals surface area contributed by atoms with Gasteiger partial charge in [0.05, 0.1) is 0 Å². The predicted molar refractivity (Wildman–Crippen MR) is 74.4 cm³/mol. The summed E-state index contributed by atoms with van der Waals surface area (Å²) in [4.78, 5) is 12.4. The number of halogens is 2. The normalized spacial score (nSPS) is 27.0. The van der Waals surface area contributed by atoms with Crippen molar-refractivity contribution in [2.45, 2.75) is 46.1 Å². The number of Topliss-reactive ketones (excluding diaryl/α,β-unsaturated/α-hetero) is 1. The van der Waals surface area contributed by atoms with E-state index in [1.54, 1.807) is 6.92 Å². The van der Waals surface area contributed by atoms with Gasteiger partial charge in [0, 0.05) is 16.7 Å². The molecule has 1 heterocycles. The number of hydrogen-bond donors (Lipinski definition) is 0. The van der Waals surface area contributed by atoms with Gasteiger partial charge in [0.1, 0.15) is 11.4 Å². The first-order valence-corrected chi connectivity index (χ1v) is 7.12. The highest BCUT2D eigenvalue weighted by Gasteiger charge is 2.48. The maximum atomic E-state index is 12.7. The van der Waals surface area contributed by atoms with Gasteiger partial charge < -0.3 is 9.39 Å². The summed E-state index contributed by atoms with van der Waals surface area (Å²) in [6.45, 7) is 7.43. The molecule has 3 rings (SSSR count). The van der Waals surface area contributed by atoms with E-state index in [0.29, 0.717) is 16.9 Å². The summed E-state index contributed by atoms with van der Waals surface area (Å²) in [5.74, 6) is -0.146. The molecule has 0 amide bonds. The second-order valence-electron chi connectivity index (χ2n) is 6.31. The Morgan fingerprint density at radius 3 is 2.67 bits per heavy atom. The molecule has 0 N–H and O–H groups in total. The lowest BCUT2D eigenvalue weighted by atomic mass is 9.73. The maximum Gasteiger partial charge on any atom is 0.796 e. The Morgan fingerprint density at radius 1 is 1.38 bits per heavy atom. The van der Waals surface area contributed by atoms with Gasteiger partial charge in [-0.1, -0.05) is 6.92 Å². The topological polar surface area (TPSA) is 35.5 Å². The number of ketones is 1. The van der Waals surface area contributed by atoms with Crippen LogP contribution >= 0.6 is 0 Å². The third kappa shape index (κ3) is 1.95. The molecule has 1 atom stereocenters. The van der Waals surface area contributed by atoms with E-state index >= 15 is 0 Å². The fourth-order valence-corrected chi connectivity index (χ4v) is 3.47. The van der Waals surface area contributed by atoms with Gasteiger partial charge in [-0.25, -0.2) is 8.63 Å². The molecule has 0 aromatic heterocycles. The third-order valence-electron chi connectivity index (χ3n) is 4.54. The lowest BCUT2D eigenvalue weighted by Gasteiger charge is -2.30. The number of hydrogen-bond acceptors (Lipinski definition) is 3. The van der Waals surface area contributed by atoms with Gasteiger partial charge in [0.2, 0.25) is 5.78 Å². The standard InChI is InChI=1S/C15H17BF2O3/c1-7-5-6-9-11-10(7)14(21-16(17)18)12(19)8(2)13(11)20-15(9,3)4/h7H,5-6H2,1-4H3. The molecule has 0 fully saturated rings. The highest BCUT2D eigenvalue weighted by Crippen LogP contribution is 2.53. The van der Waals surface area contributed by atoms with Crippen LogP contribution in [0.15, 0.2) is 33.8 Å². The SMILES string of the molecule is CC1=C2OC(C)(C)C3=C2C(=C(OB(F)F)C1=O)C(C)CC3. The summed E-state index contributed by atoms with van der Waals surface area (Å²) in [5.41, 5.74) is 2.34. The fourth-order valence-electron chi connectivity index (χ4n) is 3.47. The van der Waals surface area contributed by atoms with E-state index in [1.807, 2.05) is 20.8 Å². The van der Waals surface area contributed by atoms with Gasteiger partial charge in [-0.2, -0.15) is 0 Å². The number of ether oxygens (including phenoxy) is 1. The molecule has 21 heavy (non-hydrogen) atoms. The molecular formula is C15H17BF2O3. The van der Waals surface area contributed by atoms with E-state index in [-0.39, 0.29) is 11.7 Å². The van der Waals surface area contributed by atoms with E-state index < -0.39 is 18.9 Å². The minimum Gasteiger partial charge on any atom is -0.502 e. The van der Waals surface area contributed by atoms with Crippen LogP contribution in [0.3, 0.4) is 0 Å². The summed E-state index contributed by atoms with van der Waals surface area (Å²) < 4.78 is 35.9. The van der Waals surface area contributed by atoms with Gasteiger partial charge in [0.25, 0.3) is 0 Å². The van der Waals surface area contributed by atoms with Crippen molar-refractivity contribution in [2.24, 2.45) is 5.92 Å². The van der Waals surface area contributed by atoms with Crippen molar-refractivity contribution in [2.75, 3.05) is 0 Å². The van der Waals surface area contributed by atoms with Crippen molar-refractivity contribution in [1.82, 2.24) is 0 Å². The minimum absolute atomic E-state index is 0.00190. The molecule has 0 aromatic rings. The predicted octanol–water partition coefficient (Wildman–Crippen LogP) is 3.57. The van der Waals surface area contributed by atoms with Gasteiger partial charge in [-0.05, 0) is 45.1 Å². The van der Waals surface area contributed by atoms with Crippen LogP contribution in [0.25, 0.3) is 0 Å². The van der Waals surface area contributed by atoms with E-state index in [9.17, 15) is 13.4 Å². The lowest BCUT2D eigenvalue weighted by molar-refractivity contribution is -0.115. The molecule has 1 aliphatic heterocycles. The number of allylic oxidation sites excluding steroid dienone is 2. The first-order valence-electron chi connectivity index (χ1n) is 7.12. The van der Waals surface area contributed by atoms with Crippen LogP contribution in [0.5, 0.6) is 0 Å². The lowest BCUT2D eigenvalue weighted by Crippen LogP contribution is -2.26. The average Bonchev–Trinajstić information content (AvgIpc) is 2.65. The molecule has 3 aliphatic rings. The van der Waals surface area contributed by atoms with Crippen molar-refractivity contribution < 1.29 is 22.8 Å². The molecule has 1 unspecified atom stereocenters. The van der Waals surface area contributed by atoms with E-state index in [2.05, 4.69) is 4.65 Å². The van der Waals surface area contributed by atoms with Crippen molar-refractivity contribution in [3.05, 3.63) is 33.8 Å². The number of carbonyl (C=O) groups is 1. The molecule has 0 saturated carbocycles. The van der Waals surface area contributed by atoms with Gasteiger partial charge in [-0.3, -0.25) is 4.79 Å². The zero-order valence-electron chi connectivity index (χ0n) is 12.5. The van der Waals surface area contributed by atoms with Crippen molar-refractivity contribution in [1.29, 1.82) is 0 Å². The fraction of sp³-hybridized carbons (Fsp3) is 0.533. The van der Waals surface area contributed by atoms with Crippen molar-refractivity contribution in [3.63, 3.8) is 0 Å². The average molecular weight is 294 g/mol. The van der Waals surface area contributed by atoms with Gasteiger partial charge in [0.15, 0.2) is 5.76 Å². The maximum absolute atomic E-state index is 12.7. The highest BCUT2D eigenvalue weighted by atomic mass is 19.2. The zero-order valence-corrected chi connectivity index (χ0v) is 12.5. The summed E-state index contributed by atoms with van der Waals surface area (Å²) in [6, 6.07) is 0. The largest absolute Gasteiger partial charge is 0.796 e. The summed E-state index contributed by atoms with van der Waals surface area (Å²) in [6.07, 6.45) is 1.65. The first-order chi connectivity index (χ1) is 9.74. The molecule has 0 radical (unpaired) electrons. The van der Waals surface area contributed by atoms with Gasteiger partial charge in [-0.15, -0.1) is 0 Å². The summed E-state index contributed by atoms with van der Waals surface area (Å²) >= 11 is 0. The molecule has 6 heteroatoms. The van der Waals surface area contributed by atoms with Crippen molar-refractivity contribution >= 4 is 13.3 Å².